The lowest BCUT2D eigenvalue weighted by atomic mass is 10.3. The first-order valence-electron chi connectivity index (χ1n) is 4.26. The number of anilines is 1. The van der Waals surface area contributed by atoms with Crippen LogP contribution in [0.2, 0.25) is 0 Å². The molecular formula is C9H12N4O2. The second-order valence-electron chi connectivity index (χ2n) is 2.66. The van der Waals surface area contributed by atoms with Gasteiger partial charge in [-0.05, 0) is 6.08 Å². The van der Waals surface area contributed by atoms with Gasteiger partial charge in [0.25, 0.3) is 0 Å². The van der Waals surface area contributed by atoms with Gasteiger partial charge in [0.15, 0.2) is 11.5 Å². The van der Waals surface area contributed by atoms with Crippen LogP contribution in [-0.4, -0.2) is 29.6 Å². The molecule has 1 rings (SSSR count). The third kappa shape index (κ3) is 2.75. The Balaban J connectivity index is 3.05. The summed E-state index contributed by atoms with van der Waals surface area (Å²) >= 11 is 0. The molecule has 4 N–H and O–H groups in total. The summed E-state index contributed by atoms with van der Waals surface area (Å²) in [5.74, 6) is -0.560. The van der Waals surface area contributed by atoms with Crippen LogP contribution in [0.5, 0.6) is 0 Å². The molecule has 0 bridgehead atoms. The van der Waals surface area contributed by atoms with Gasteiger partial charge in [0, 0.05) is 6.54 Å². The van der Waals surface area contributed by atoms with Gasteiger partial charge < -0.3 is 16.2 Å². The maximum Gasteiger partial charge on any atom is 0.360 e. The zero-order chi connectivity index (χ0) is 11.3. The monoisotopic (exact) mass is 208 g/mol. The summed E-state index contributed by atoms with van der Waals surface area (Å²) in [5, 5.41) is 0. The van der Waals surface area contributed by atoms with Crippen LogP contribution in [0.15, 0.2) is 12.3 Å². The van der Waals surface area contributed by atoms with Crippen molar-refractivity contribution in [2.45, 2.75) is 0 Å². The largest absolute Gasteiger partial charge is 0.464 e. The molecule has 0 radical (unpaired) electrons. The van der Waals surface area contributed by atoms with Crippen molar-refractivity contribution < 1.29 is 9.53 Å². The lowest BCUT2D eigenvalue weighted by molar-refractivity contribution is 0.0595. The molecular weight excluding hydrogens is 196 g/mol. The average Bonchev–Trinajstić information content (AvgIpc) is 2.27. The summed E-state index contributed by atoms with van der Waals surface area (Å²) in [6.45, 7) is 0.389. The van der Waals surface area contributed by atoms with E-state index in [1.165, 1.54) is 13.3 Å². The molecule has 0 atom stereocenters. The molecule has 0 saturated carbocycles. The highest BCUT2D eigenvalue weighted by atomic mass is 16.5. The number of methoxy groups -OCH3 is 1. The predicted molar refractivity (Wildman–Crippen MR) is 55.9 cm³/mol. The van der Waals surface area contributed by atoms with Crippen LogP contribution in [-0.2, 0) is 4.74 Å². The highest BCUT2D eigenvalue weighted by Crippen LogP contribution is 2.08. The van der Waals surface area contributed by atoms with Gasteiger partial charge in [0.2, 0.25) is 0 Å². The van der Waals surface area contributed by atoms with Gasteiger partial charge >= 0.3 is 5.97 Å². The number of hydrogen-bond acceptors (Lipinski definition) is 6. The number of carbonyl (C=O) groups excluding carboxylic acids is 1. The number of ether oxygens (including phenoxy) is 1. The minimum absolute atomic E-state index is 0.0108. The molecule has 6 nitrogen and oxygen atoms in total. The minimum atomic E-state index is -0.608. The van der Waals surface area contributed by atoms with Crippen molar-refractivity contribution in [1.82, 2.24) is 9.97 Å². The molecule has 0 aliphatic rings. The van der Waals surface area contributed by atoms with Crippen molar-refractivity contribution in [2.75, 3.05) is 19.4 Å². The Kier molecular flexibility index (Phi) is 3.75. The molecule has 0 unspecified atom stereocenters. The van der Waals surface area contributed by atoms with E-state index in [4.69, 9.17) is 11.5 Å². The number of carbonyl (C=O) groups is 1. The highest BCUT2D eigenvalue weighted by molar-refractivity contribution is 5.91. The zero-order valence-corrected chi connectivity index (χ0v) is 8.30. The molecule has 0 aromatic carbocycles. The smallest absolute Gasteiger partial charge is 0.360 e. The molecule has 0 aliphatic heterocycles. The van der Waals surface area contributed by atoms with Gasteiger partial charge in [-0.1, -0.05) is 6.08 Å². The standard InChI is InChI=1S/C9H12N4O2/c1-15-9(14)7-8(11)12-5-6(13-7)3-2-4-10/h2-3,5H,4,10H2,1H3,(H2,11,12). The molecule has 1 aromatic heterocycles. The van der Waals surface area contributed by atoms with E-state index < -0.39 is 5.97 Å². The van der Waals surface area contributed by atoms with E-state index >= 15 is 0 Å². The van der Waals surface area contributed by atoms with Gasteiger partial charge in [-0.25, -0.2) is 14.8 Å². The lowest BCUT2D eigenvalue weighted by Crippen LogP contribution is -2.10. The van der Waals surface area contributed by atoms with Crippen LogP contribution in [0.25, 0.3) is 6.08 Å². The first-order chi connectivity index (χ1) is 7.19. The van der Waals surface area contributed by atoms with Crippen LogP contribution < -0.4 is 11.5 Å². The van der Waals surface area contributed by atoms with Crippen molar-refractivity contribution in [1.29, 1.82) is 0 Å². The number of aromatic nitrogens is 2. The minimum Gasteiger partial charge on any atom is -0.464 e. The molecule has 0 spiro atoms. The fraction of sp³-hybridized carbons (Fsp3) is 0.222. The molecule has 0 aliphatic carbocycles. The maximum absolute atomic E-state index is 11.2. The van der Waals surface area contributed by atoms with Crippen molar-refractivity contribution in [3.8, 4) is 0 Å². The topological polar surface area (TPSA) is 104 Å². The summed E-state index contributed by atoms with van der Waals surface area (Å²) in [4.78, 5) is 19.0. The zero-order valence-electron chi connectivity index (χ0n) is 8.30. The van der Waals surface area contributed by atoms with Crippen LogP contribution >= 0.6 is 0 Å². The SMILES string of the molecule is COC(=O)c1nc(C=CCN)cnc1N. The molecule has 1 aromatic rings. The van der Waals surface area contributed by atoms with Gasteiger partial charge in [-0.3, -0.25) is 0 Å². The van der Waals surface area contributed by atoms with Crippen LogP contribution in [0.4, 0.5) is 5.82 Å². The van der Waals surface area contributed by atoms with E-state index in [1.54, 1.807) is 12.2 Å². The summed E-state index contributed by atoms with van der Waals surface area (Å²) < 4.78 is 4.51. The van der Waals surface area contributed by atoms with E-state index in [9.17, 15) is 4.79 Å². The Morgan fingerprint density at radius 3 is 3.00 bits per heavy atom. The Labute approximate surface area is 87.0 Å². The third-order valence-electron chi connectivity index (χ3n) is 1.62. The van der Waals surface area contributed by atoms with Crippen LogP contribution in [0.1, 0.15) is 16.2 Å². The molecule has 0 amide bonds. The van der Waals surface area contributed by atoms with Crippen molar-refractivity contribution in [3.05, 3.63) is 23.7 Å². The van der Waals surface area contributed by atoms with E-state index in [1.807, 2.05) is 0 Å². The number of hydrogen-bond donors (Lipinski definition) is 2. The van der Waals surface area contributed by atoms with Crippen molar-refractivity contribution in [3.63, 3.8) is 0 Å². The van der Waals surface area contributed by atoms with Crippen molar-refractivity contribution >= 4 is 17.9 Å². The molecule has 6 heteroatoms. The van der Waals surface area contributed by atoms with E-state index in [0.717, 1.165) is 0 Å². The quantitative estimate of drug-likeness (QED) is 0.667. The highest BCUT2D eigenvalue weighted by Gasteiger charge is 2.12. The normalized spacial score (nSPS) is 10.5. The summed E-state index contributed by atoms with van der Waals surface area (Å²) in [5.41, 5.74) is 11.3. The molecule has 0 saturated heterocycles. The van der Waals surface area contributed by atoms with Gasteiger partial charge in [-0.2, -0.15) is 0 Å². The number of nitrogen functional groups attached to an aromatic ring is 1. The van der Waals surface area contributed by atoms with Gasteiger partial charge in [0.1, 0.15) is 0 Å². The molecule has 15 heavy (non-hydrogen) atoms. The van der Waals surface area contributed by atoms with Crippen molar-refractivity contribution in [2.24, 2.45) is 5.73 Å². The maximum atomic E-state index is 11.2. The second kappa shape index (κ2) is 5.06. The Morgan fingerprint density at radius 2 is 2.40 bits per heavy atom. The first-order valence-corrected chi connectivity index (χ1v) is 4.26. The summed E-state index contributed by atoms with van der Waals surface area (Å²) in [7, 11) is 1.26. The molecule has 1 heterocycles. The van der Waals surface area contributed by atoms with E-state index in [2.05, 4.69) is 14.7 Å². The van der Waals surface area contributed by atoms with Gasteiger partial charge in [-0.15, -0.1) is 0 Å². The number of rotatable bonds is 3. The Hall–Kier alpha value is -1.95. The van der Waals surface area contributed by atoms with Crippen LogP contribution in [0, 0.1) is 0 Å². The number of esters is 1. The second-order valence-corrected chi connectivity index (χ2v) is 2.66. The van der Waals surface area contributed by atoms with E-state index in [0.29, 0.717) is 12.2 Å². The third-order valence-corrected chi connectivity index (χ3v) is 1.62. The summed E-state index contributed by atoms with van der Waals surface area (Å²) in [6, 6.07) is 0. The fourth-order valence-electron chi connectivity index (χ4n) is 0.928. The lowest BCUT2D eigenvalue weighted by Gasteiger charge is -2.02. The summed E-state index contributed by atoms with van der Waals surface area (Å²) in [6.07, 6.45) is 4.80. The Morgan fingerprint density at radius 1 is 1.67 bits per heavy atom. The first kappa shape index (κ1) is 11.1. The van der Waals surface area contributed by atoms with E-state index in [-0.39, 0.29) is 11.5 Å². The number of nitrogens with zero attached hydrogens (tertiary/aromatic N) is 2. The fourth-order valence-corrected chi connectivity index (χ4v) is 0.928. The Bertz CT molecular complexity index is 390. The number of nitrogens with two attached hydrogens (primary N) is 2. The average molecular weight is 208 g/mol. The predicted octanol–water partition coefficient (Wildman–Crippen LogP) is -0.183. The molecule has 80 valence electrons. The van der Waals surface area contributed by atoms with Gasteiger partial charge in [0.05, 0.1) is 19.0 Å². The molecule has 0 fully saturated rings. The van der Waals surface area contributed by atoms with Crippen LogP contribution in [0.3, 0.4) is 0 Å².